The third kappa shape index (κ3) is 2.94. The van der Waals surface area contributed by atoms with Crippen LogP contribution in [0.2, 0.25) is 0 Å². The van der Waals surface area contributed by atoms with Crippen LogP contribution in [0.5, 0.6) is 5.75 Å². The van der Waals surface area contributed by atoms with Gasteiger partial charge in [0.15, 0.2) is 0 Å². The van der Waals surface area contributed by atoms with E-state index in [1.54, 1.807) is 6.33 Å². The quantitative estimate of drug-likeness (QED) is 0.905. The molecule has 0 spiro atoms. The summed E-state index contributed by atoms with van der Waals surface area (Å²) in [5.74, 6) is 1.10. The average Bonchev–Trinajstić information content (AvgIpc) is 2.94. The number of amides is 1. The molecule has 1 aromatic carbocycles. The van der Waals surface area contributed by atoms with Crippen LogP contribution in [0.3, 0.4) is 0 Å². The Balaban J connectivity index is 1.41. The van der Waals surface area contributed by atoms with Gasteiger partial charge in [0.1, 0.15) is 12.4 Å². The van der Waals surface area contributed by atoms with Gasteiger partial charge in [-0.1, -0.05) is 18.2 Å². The van der Waals surface area contributed by atoms with Crippen molar-refractivity contribution < 1.29 is 9.53 Å². The number of nitrogens with zero attached hydrogens (tertiary/aromatic N) is 3. The van der Waals surface area contributed by atoms with Crippen molar-refractivity contribution in [2.24, 2.45) is 0 Å². The van der Waals surface area contributed by atoms with Crippen LogP contribution in [0.1, 0.15) is 17.0 Å². The number of ether oxygens (including phenoxy) is 1. The van der Waals surface area contributed by atoms with E-state index in [-0.39, 0.29) is 5.91 Å². The normalized spacial score (nSPS) is 17.8. The lowest BCUT2D eigenvalue weighted by Gasteiger charge is -2.29. The van der Waals surface area contributed by atoms with Gasteiger partial charge in [-0.3, -0.25) is 9.69 Å². The monoisotopic (exact) mass is 312 g/mol. The molecule has 0 unspecified atom stereocenters. The van der Waals surface area contributed by atoms with Gasteiger partial charge in [-0.2, -0.15) is 0 Å². The number of nitrogens with one attached hydrogen (secondary N) is 1. The fraction of sp³-hybridized carbons (Fsp3) is 0.412. The van der Waals surface area contributed by atoms with Gasteiger partial charge in [0.05, 0.1) is 30.8 Å². The highest BCUT2D eigenvalue weighted by atomic mass is 16.5. The van der Waals surface area contributed by atoms with Crippen molar-refractivity contribution in [2.75, 3.05) is 26.2 Å². The molecule has 3 heterocycles. The number of fused-ring (bicyclic) bond motifs is 2. The zero-order chi connectivity index (χ0) is 15.6. The van der Waals surface area contributed by atoms with Gasteiger partial charge in [-0.05, 0) is 6.07 Å². The van der Waals surface area contributed by atoms with E-state index in [0.29, 0.717) is 19.7 Å². The van der Waals surface area contributed by atoms with Crippen LogP contribution >= 0.6 is 0 Å². The van der Waals surface area contributed by atoms with Crippen molar-refractivity contribution in [2.45, 2.75) is 19.5 Å². The molecule has 6 heteroatoms. The SMILES string of the molecule is O=C(CN1CCOc2ccccc2C1)N1CCc2nc[nH]c2C1. The molecule has 1 amide bonds. The van der Waals surface area contributed by atoms with Crippen molar-refractivity contribution in [3.8, 4) is 5.75 Å². The van der Waals surface area contributed by atoms with Crippen LogP contribution in [0.4, 0.5) is 0 Å². The van der Waals surface area contributed by atoms with Crippen LogP contribution in [0.25, 0.3) is 0 Å². The maximum Gasteiger partial charge on any atom is 0.237 e. The molecule has 6 nitrogen and oxygen atoms in total. The number of hydrogen-bond donors (Lipinski definition) is 1. The van der Waals surface area contributed by atoms with Crippen molar-refractivity contribution in [3.05, 3.63) is 47.5 Å². The number of rotatable bonds is 2. The molecule has 0 saturated heterocycles. The number of carbonyl (C=O) groups excluding carboxylic acids is 1. The maximum atomic E-state index is 12.6. The lowest BCUT2D eigenvalue weighted by Crippen LogP contribution is -2.43. The van der Waals surface area contributed by atoms with Crippen LogP contribution in [0.15, 0.2) is 30.6 Å². The first kappa shape index (κ1) is 14.3. The number of imidazole rings is 1. The molecular weight excluding hydrogens is 292 g/mol. The molecule has 23 heavy (non-hydrogen) atoms. The number of aromatic amines is 1. The van der Waals surface area contributed by atoms with Gasteiger partial charge >= 0.3 is 0 Å². The Labute approximate surface area is 135 Å². The van der Waals surface area contributed by atoms with Crippen molar-refractivity contribution >= 4 is 5.91 Å². The molecule has 2 aromatic rings. The topological polar surface area (TPSA) is 61.5 Å². The van der Waals surface area contributed by atoms with Crippen LogP contribution in [-0.2, 0) is 24.3 Å². The summed E-state index contributed by atoms with van der Waals surface area (Å²) in [6.45, 7) is 3.96. The molecule has 0 saturated carbocycles. The second-order valence-corrected chi connectivity index (χ2v) is 6.06. The highest BCUT2D eigenvalue weighted by Gasteiger charge is 2.25. The Kier molecular flexibility index (Phi) is 3.75. The summed E-state index contributed by atoms with van der Waals surface area (Å²) in [6, 6.07) is 8.05. The molecule has 0 radical (unpaired) electrons. The summed E-state index contributed by atoms with van der Waals surface area (Å²) >= 11 is 0. The zero-order valence-electron chi connectivity index (χ0n) is 13.0. The number of aromatic nitrogens is 2. The van der Waals surface area contributed by atoms with E-state index in [2.05, 4.69) is 20.9 Å². The van der Waals surface area contributed by atoms with Gasteiger partial charge in [0.25, 0.3) is 0 Å². The van der Waals surface area contributed by atoms with Gasteiger partial charge in [0, 0.05) is 31.6 Å². The largest absolute Gasteiger partial charge is 0.492 e. The summed E-state index contributed by atoms with van der Waals surface area (Å²) < 4.78 is 5.76. The Morgan fingerprint density at radius 2 is 2.17 bits per heavy atom. The number of carbonyl (C=O) groups is 1. The minimum absolute atomic E-state index is 0.171. The Morgan fingerprint density at radius 1 is 1.26 bits per heavy atom. The first-order valence-electron chi connectivity index (χ1n) is 8.01. The first-order chi connectivity index (χ1) is 11.3. The minimum Gasteiger partial charge on any atom is -0.492 e. The van der Waals surface area contributed by atoms with Crippen molar-refractivity contribution in [3.63, 3.8) is 0 Å². The molecule has 4 rings (SSSR count). The maximum absolute atomic E-state index is 12.6. The molecular formula is C17H20N4O2. The van der Waals surface area contributed by atoms with E-state index in [9.17, 15) is 4.79 Å². The van der Waals surface area contributed by atoms with E-state index < -0.39 is 0 Å². The van der Waals surface area contributed by atoms with Gasteiger partial charge in [-0.15, -0.1) is 0 Å². The number of benzene rings is 1. The molecule has 2 aliphatic heterocycles. The molecule has 1 aromatic heterocycles. The standard InChI is InChI=1S/C17H20N4O2/c22-17(21-6-5-14-15(10-21)19-12-18-14)11-20-7-8-23-16-4-2-1-3-13(16)9-20/h1-4,12H,5-11H2,(H,18,19). The van der Waals surface area contributed by atoms with Gasteiger partial charge in [-0.25, -0.2) is 4.98 Å². The summed E-state index contributed by atoms with van der Waals surface area (Å²) in [5, 5.41) is 0. The highest BCUT2D eigenvalue weighted by molar-refractivity contribution is 5.78. The predicted molar refractivity (Wildman–Crippen MR) is 84.9 cm³/mol. The summed E-state index contributed by atoms with van der Waals surface area (Å²) in [6.07, 6.45) is 2.54. The predicted octanol–water partition coefficient (Wildman–Crippen LogP) is 1.19. The van der Waals surface area contributed by atoms with Crippen molar-refractivity contribution in [1.29, 1.82) is 0 Å². The van der Waals surface area contributed by atoms with E-state index in [1.165, 1.54) is 0 Å². The lowest BCUT2D eigenvalue weighted by atomic mass is 10.1. The van der Waals surface area contributed by atoms with Crippen LogP contribution < -0.4 is 4.74 Å². The molecule has 120 valence electrons. The fourth-order valence-electron chi connectivity index (χ4n) is 3.23. The second-order valence-electron chi connectivity index (χ2n) is 6.06. The van der Waals surface area contributed by atoms with Crippen LogP contribution in [-0.4, -0.2) is 51.9 Å². The van der Waals surface area contributed by atoms with E-state index in [0.717, 1.165) is 48.8 Å². The third-order valence-electron chi connectivity index (χ3n) is 4.52. The number of para-hydroxylation sites is 1. The molecule has 0 atom stereocenters. The summed E-state index contributed by atoms with van der Waals surface area (Å²) in [7, 11) is 0. The summed E-state index contributed by atoms with van der Waals surface area (Å²) in [4.78, 5) is 24.1. The average molecular weight is 312 g/mol. The Bertz CT molecular complexity index is 712. The second kappa shape index (κ2) is 6.04. The number of hydrogen-bond acceptors (Lipinski definition) is 4. The molecule has 0 fully saturated rings. The molecule has 0 bridgehead atoms. The van der Waals surface area contributed by atoms with Crippen LogP contribution in [0, 0.1) is 0 Å². The van der Waals surface area contributed by atoms with Gasteiger partial charge in [0.2, 0.25) is 5.91 Å². The highest BCUT2D eigenvalue weighted by Crippen LogP contribution is 2.22. The van der Waals surface area contributed by atoms with Crippen molar-refractivity contribution in [1.82, 2.24) is 19.8 Å². The number of H-pyrrole nitrogens is 1. The molecule has 1 N–H and O–H groups in total. The third-order valence-corrected chi connectivity index (χ3v) is 4.52. The van der Waals surface area contributed by atoms with Gasteiger partial charge < -0.3 is 14.6 Å². The first-order valence-corrected chi connectivity index (χ1v) is 8.01. The summed E-state index contributed by atoms with van der Waals surface area (Å²) in [5.41, 5.74) is 3.30. The van der Waals surface area contributed by atoms with E-state index in [4.69, 9.17) is 4.74 Å². The Hall–Kier alpha value is -2.34. The zero-order valence-corrected chi connectivity index (χ0v) is 13.0. The molecule has 0 aliphatic carbocycles. The van der Waals surface area contributed by atoms with E-state index >= 15 is 0 Å². The fourth-order valence-corrected chi connectivity index (χ4v) is 3.23. The lowest BCUT2D eigenvalue weighted by molar-refractivity contribution is -0.133. The minimum atomic E-state index is 0.171. The molecule has 2 aliphatic rings. The Morgan fingerprint density at radius 3 is 3.13 bits per heavy atom. The van der Waals surface area contributed by atoms with E-state index in [1.807, 2.05) is 23.1 Å². The smallest absolute Gasteiger partial charge is 0.237 e.